The van der Waals surface area contributed by atoms with Gasteiger partial charge in [-0.15, -0.1) is 0 Å². The highest BCUT2D eigenvalue weighted by Gasteiger charge is 2.28. The van der Waals surface area contributed by atoms with Gasteiger partial charge in [0.2, 0.25) is 11.9 Å². The third kappa shape index (κ3) is 5.57. The van der Waals surface area contributed by atoms with Crippen LogP contribution >= 0.6 is 0 Å². The van der Waals surface area contributed by atoms with Gasteiger partial charge in [-0.2, -0.15) is 4.98 Å². The van der Waals surface area contributed by atoms with E-state index in [9.17, 15) is 14.7 Å². The number of anilines is 2. The van der Waals surface area contributed by atoms with Gasteiger partial charge < -0.3 is 26.4 Å². The number of β-amino-alcohol motifs (C(OH)–C–C–N with tert-alkyl or cyclic N) is 1. The molecule has 0 aromatic carbocycles. The molecule has 0 radical (unpaired) electrons. The van der Waals surface area contributed by atoms with Gasteiger partial charge in [0.1, 0.15) is 5.52 Å². The molecule has 168 valence electrons. The Bertz CT molecular complexity index is 967. The number of nitrogen functional groups attached to an aromatic ring is 1. The Labute approximate surface area is 181 Å². The van der Waals surface area contributed by atoms with Crippen LogP contribution in [0.15, 0.2) is 12.3 Å². The topological polar surface area (TPSA) is 146 Å². The summed E-state index contributed by atoms with van der Waals surface area (Å²) in [4.78, 5) is 38.9. The molecule has 3 rings (SSSR count). The van der Waals surface area contributed by atoms with E-state index in [1.165, 1.54) is 13.1 Å². The van der Waals surface area contributed by atoms with Crippen molar-refractivity contribution in [2.45, 2.75) is 58.1 Å². The second-order valence-electron chi connectivity index (χ2n) is 8.41. The quantitative estimate of drug-likeness (QED) is 0.491. The monoisotopic (exact) mass is 429 g/mol. The van der Waals surface area contributed by atoms with E-state index in [1.54, 1.807) is 11.0 Å². The molecule has 10 nitrogen and oxygen atoms in total. The Morgan fingerprint density at radius 2 is 2.16 bits per heavy atom. The molecule has 0 bridgehead atoms. The van der Waals surface area contributed by atoms with Gasteiger partial charge in [0, 0.05) is 32.8 Å². The summed E-state index contributed by atoms with van der Waals surface area (Å²) < 4.78 is 0. The zero-order chi connectivity index (χ0) is 22.6. The van der Waals surface area contributed by atoms with Crippen LogP contribution in [0.25, 0.3) is 11.0 Å². The minimum atomic E-state index is -0.490. The van der Waals surface area contributed by atoms with Gasteiger partial charge in [0.15, 0.2) is 5.82 Å². The Morgan fingerprint density at radius 3 is 2.81 bits per heavy atom. The maximum atomic E-state index is 12.7. The number of amides is 2. The van der Waals surface area contributed by atoms with Crippen molar-refractivity contribution in [1.29, 1.82) is 0 Å². The molecule has 10 heteroatoms. The third-order valence-electron chi connectivity index (χ3n) is 5.48. The van der Waals surface area contributed by atoms with Crippen molar-refractivity contribution >= 4 is 34.6 Å². The Hall–Kier alpha value is -3.01. The zero-order valence-corrected chi connectivity index (χ0v) is 18.3. The highest BCUT2D eigenvalue weighted by atomic mass is 16.3. The minimum Gasteiger partial charge on any atom is -0.391 e. The number of nitrogens with two attached hydrogens (primary N) is 1. The van der Waals surface area contributed by atoms with Crippen LogP contribution in [0.1, 0.15) is 56.8 Å². The first-order chi connectivity index (χ1) is 14.7. The van der Waals surface area contributed by atoms with E-state index in [0.29, 0.717) is 48.5 Å². The molecule has 2 amide bonds. The maximum Gasteiger partial charge on any atom is 0.255 e. The van der Waals surface area contributed by atoms with Gasteiger partial charge in [-0.25, -0.2) is 9.97 Å². The van der Waals surface area contributed by atoms with Crippen molar-refractivity contribution < 1.29 is 14.7 Å². The molecule has 1 aliphatic rings. The molecule has 2 aromatic heterocycles. The molecule has 2 atom stereocenters. The number of nitrogens with one attached hydrogen (secondary N) is 2. The molecule has 0 saturated carbocycles. The average Bonchev–Trinajstić information content (AvgIpc) is 3.16. The number of aromatic nitrogens is 3. The van der Waals surface area contributed by atoms with Crippen LogP contribution in [0.3, 0.4) is 0 Å². The second-order valence-corrected chi connectivity index (χ2v) is 8.41. The first kappa shape index (κ1) is 22.7. The zero-order valence-electron chi connectivity index (χ0n) is 18.3. The number of hydrogen-bond acceptors (Lipinski definition) is 8. The Morgan fingerprint density at radius 1 is 1.39 bits per heavy atom. The van der Waals surface area contributed by atoms with E-state index in [1.807, 2.05) is 6.92 Å². The standard InChI is InChI=1S/C21H31N7O3/c1-4-5-7-21(3,12-24-13(2)29)27-18-17-16(25-20(22)26-18)9-14(10-23-17)19(31)28-8-6-15(30)11-28/h9-10,15,30H,4-8,11-12H2,1-3H3,(H,24,29)(H3,22,25,26,27)/t15-,21-/m1/s1. The number of carbonyl (C=O) groups excluding carboxylic acids is 2. The van der Waals surface area contributed by atoms with E-state index in [-0.39, 0.29) is 17.8 Å². The number of aliphatic hydroxyl groups is 1. The Balaban J connectivity index is 1.91. The molecule has 31 heavy (non-hydrogen) atoms. The van der Waals surface area contributed by atoms with Gasteiger partial charge in [-0.05, 0) is 25.8 Å². The molecule has 1 saturated heterocycles. The van der Waals surface area contributed by atoms with Gasteiger partial charge in [0.25, 0.3) is 5.91 Å². The lowest BCUT2D eigenvalue weighted by Gasteiger charge is -2.32. The van der Waals surface area contributed by atoms with E-state index in [0.717, 1.165) is 19.3 Å². The number of hydrogen-bond donors (Lipinski definition) is 4. The van der Waals surface area contributed by atoms with Gasteiger partial charge in [-0.1, -0.05) is 19.8 Å². The summed E-state index contributed by atoms with van der Waals surface area (Å²) in [5, 5.41) is 16.0. The van der Waals surface area contributed by atoms with Crippen LogP contribution in [-0.4, -0.2) is 68.0 Å². The smallest absolute Gasteiger partial charge is 0.255 e. The molecule has 0 spiro atoms. The molecule has 0 unspecified atom stereocenters. The van der Waals surface area contributed by atoms with E-state index >= 15 is 0 Å². The van der Waals surface area contributed by atoms with Crippen molar-refractivity contribution in [3.05, 3.63) is 17.8 Å². The highest BCUT2D eigenvalue weighted by molar-refractivity contribution is 5.98. The van der Waals surface area contributed by atoms with Crippen LogP contribution in [0.2, 0.25) is 0 Å². The predicted molar refractivity (Wildman–Crippen MR) is 119 cm³/mol. The summed E-state index contributed by atoms with van der Waals surface area (Å²) >= 11 is 0. The number of unbranched alkanes of at least 4 members (excludes halogenated alkanes) is 1. The van der Waals surface area contributed by atoms with Gasteiger partial charge in [-0.3, -0.25) is 9.59 Å². The summed E-state index contributed by atoms with van der Waals surface area (Å²) in [5.74, 6) is 0.221. The first-order valence-electron chi connectivity index (χ1n) is 10.6. The van der Waals surface area contributed by atoms with Gasteiger partial charge in [0.05, 0.1) is 22.7 Å². The summed E-state index contributed by atoms with van der Waals surface area (Å²) in [5.41, 5.74) is 6.82. The fourth-order valence-electron chi connectivity index (χ4n) is 3.72. The summed E-state index contributed by atoms with van der Waals surface area (Å²) in [7, 11) is 0. The van der Waals surface area contributed by atoms with E-state index in [4.69, 9.17) is 5.73 Å². The van der Waals surface area contributed by atoms with Crippen molar-refractivity contribution in [3.8, 4) is 0 Å². The fourth-order valence-corrected chi connectivity index (χ4v) is 3.72. The number of pyridine rings is 1. The minimum absolute atomic E-state index is 0.0652. The van der Waals surface area contributed by atoms with E-state index in [2.05, 4.69) is 32.5 Å². The normalized spacial score (nSPS) is 18.1. The summed E-state index contributed by atoms with van der Waals surface area (Å²) in [6, 6.07) is 1.65. The maximum absolute atomic E-state index is 12.7. The molecule has 2 aromatic rings. The predicted octanol–water partition coefficient (Wildman–Crippen LogP) is 1.31. The van der Waals surface area contributed by atoms with Crippen molar-refractivity contribution in [2.75, 3.05) is 30.7 Å². The molecular formula is C21H31N7O3. The lowest BCUT2D eigenvalue weighted by Crippen LogP contribution is -2.46. The summed E-state index contributed by atoms with van der Waals surface area (Å²) in [6.45, 7) is 6.85. The van der Waals surface area contributed by atoms with Crippen LogP contribution in [-0.2, 0) is 4.79 Å². The molecular weight excluding hydrogens is 398 g/mol. The molecule has 5 N–H and O–H groups in total. The highest BCUT2D eigenvalue weighted by Crippen LogP contribution is 2.26. The largest absolute Gasteiger partial charge is 0.391 e. The Kier molecular flexibility index (Phi) is 6.89. The SMILES string of the molecule is CCCC[C@](C)(CNC(C)=O)Nc1nc(N)nc2cc(C(=O)N3CC[C@@H](O)C3)cnc12. The van der Waals surface area contributed by atoms with Crippen molar-refractivity contribution in [1.82, 2.24) is 25.2 Å². The number of likely N-dealkylation sites (tertiary alicyclic amines) is 1. The van der Waals surface area contributed by atoms with Crippen LogP contribution in [0.4, 0.5) is 11.8 Å². The molecule has 3 heterocycles. The number of carbonyl (C=O) groups is 2. The molecule has 1 fully saturated rings. The molecule has 0 aliphatic carbocycles. The number of fused-ring (bicyclic) bond motifs is 1. The lowest BCUT2D eigenvalue weighted by atomic mass is 9.94. The number of rotatable bonds is 8. The van der Waals surface area contributed by atoms with Crippen LogP contribution in [0.5, 0.6) is 0 Å². The lowest BCUT2D eigenvalue weighted by molar-refractivity contribution is -0.119. The first-order valence-corrected chi connectivity index (χ1v) is 10.6. The van der Waals surface area contributed by atoms with Crippen molar-refractivity contribution in [2.24, 2.45) is 0 Å². The third-order valence-corrected chi connectivity index (χ3v) is 5.48. The number of nitrogens with zero attached hydrogens (tertiary/aromatic N) is 4. The number of aliphatic hydroxyl groups excluding tert-OH is 1. The van der Waals surface area contributed by atoms with Crippen LogP contribution in [0, 0.1) is 0 Å². The summed E-state index contributed by atoms with van der Waals surface area (Å²) in [6.07, 6.45) is 4.37. The fraction of sp³-hybridized carbons (Fsp3) is 0.571. The second kappa shape index (κ2) is 9.42. The molecule has 1 aliphatic heterocycles. The van der Waals surface area contributed by atoms with Crippen LogP contribution < -0.4 is 16.4 Å². The van der Waals surface area contributed by atoms with Gasteiger partial charge >= 0.3 is 0 Å². The average molecular weight is 430 g/mol. The van der Waals surface area contributed by atoms with E-state index < -0.39 is 11.6 Å². The van der Waals surface area contributed by atoms with Crippen molar-refractivity contribution in [3.63, 3.8) is 0 Å².